The zero-order chi connectivity index (χ0) is 11.4. The lowest BCUT2D eigenvalue weighted by molar-refractivity contribution is 0.279. The topological polar surface area (TPSA) is 75.3 Å². The molecule has 3 N–H and O–H groups in total. The third-order valence-electron chi connectivity index (χ3n) is 3.03. The van der Waals surface area contributed by atoms with Crippen LogP contribution in [-0.4, -0.2) is 34.3 Å². The number of hydrogen-bond acceptors (Lipinski definition) is 5. The average Bonchev–Trinajstić information content (AvgIpc) is 2.74. The smallest absolute Gasteiger partial charge is 0.221 e. The Morgan fingerprint density at radius 3 is 3.19 bits per heavy atom. The van der Waals surface area contributed by atoms with Crippen molar-refractivity contribution >= 4 is 11.8 Å². The van der Waals surface area contributed by atoms with Crippen molar-refractivity contribution < 1.29 is 5.11 Å². The van der Waals surface area contributed by atoms with Gasteiger partial charge in [-0.25, -0.2) is 4.98 Å². The van der Waals surface area contributed by atoms with Crippen molar-refractivity contribution in [3.8, 4) is 0 Å². The molecular formula is C11H18N4O. The summed E-state index contributed by atoms with van der Waals surface area (Å²) >= 11 is 0. The third kappa shape index (κ3) is 2.41. The summed E-state index contributed by atoms with van der Waals surface area (Å²) in [6, 6.07) is 2.38. The normalized spacial score (nSPS) is 20.3. The van der Waals surface area contributed by atoms with Crippen LogP contribution in [0.3, 0.4) is 0 Å². The summed E-state index contributed by atoms with van der Waals surface area (Å²) < 4.78 is 0. The number of aliphatic hydroxyl groups is 1. The van der Waals surface area contributed by atoms with Crippen LogP contribution in [0, 0.1) is 0 Å². The Morgan fingerprint density at radius 1 is 1.56 bits per heavy atom. The molecule has 88 valence electrons. The number of rotatable bonds is 4. The Morgan fingerprint density at radius 2 is 2.44 bits per heavy atom. The van der Waals surface area contributed by atoms with E-state index in [1.165, 1.54) is 12.8 Å². The van der Waals surface area contributed by atoms with E-state index in [2.05, 4.69) is 14.9 Å². The summed E-state index contributed by atoms with van der Waals surface area (Å²) in [5.41, 5.74) is 5.58. The summed E-state index contributed by atoms with van der Waals surface area (Å²) in [6.45, 7) is 1.28. The number of anilines is 2. The first-order chi connectivity index (χ1) is 7.81. The van der Waals surface area contributed by atoms with Gasteiger partial charge in [0.2, 0.25) is 5.95 Å². The zero-order valence-electron chi connectivity index (χ0n) is 9.34. The molecule has 0 amide bonds. The molecule has 0 bridgehead atoms. The van der Waals surface area contributed by atoms with Crippen LogP contribution in [0.2, 0.25) is 0 Å². The lowest BCUT2D eigenvalue weighted by atomic mass is 10.1. The summed E-state index contributed by atoms with van der Waals surface area (Å²) in [5, 5.41) is 8.86. The molecule has 1 atom stereocenters. The molecule has 1 aromatic rings. The van der Waals surface area contributed by atoms with Crippen LogP contribution in [0.1, 0.15) is 25.7 Å². The second kappa shape index (κ2) is 5.12. The van der Waals surface area contributed by atoms with Crippen LogP contribution in [0.15, 0.2) is 12.3 Å². The van der Waals surface area contributed by atoms with Crippen molar-refractivity contribution in [2.24, 2.45) is 0 Å². The third-order valence-corrected chi connectivity index (χ3v) is 3.03. The molecule has 0 radical (unpaired) electrons. The monoisotopic (exact) mass is 222 g/mol. The van der Waals surface area contributed by atoms with E-state index in [0.29, 0.717) is 12.0 Å². The lowest BCUT2D eigenvalue weighted by Gasteiger charge is -2.25. The van der Waals surface area contributed by atoms with Crippen molar-refractivity contribution in [2.75, 3.05) is 23.8 Å². The molecule has 16 heavy (non-hydrogen) atoms. The molecule has 2 heterocycles. The second-order valence-corrected chi connectivity index (χ2v) is 4.13. The molecule has 5 nitrogen and oxygen atoms in total. The highest BCUT2D eigenvalue weighted by Crippen LogP contribution is 2.26. The van der Waals surface area contributed by atoms with E-state index in [1.54, 1.807) is 6.20 Å². The van der Waals surface area contributed by atoms with Gasteiger partial charge in [0, 0.05) is 25.4 Å². The molecule has 0 saturated carbocycles. The average molecular weight is 222 g/mol. The van der Waals surface area contributed by atoms with Gasteiger partial charge in [-0.15, -0.1) is 0 Å². The molecule has 1 unspecified atom stereocenters. The predicted molar refractivity (Wildman–Crippen MR) is 63.1 cm³/mol. The fraction of sp³-hybridized carbons (Fsp3) is 0.636. The van der Waals surface area contributed by atoms with Gasteiger partial charge in [0.15, 0.2) is 0 Å². The summed E-state index contributed by atoms with van der Waals surface area (Å²) in [4.78, 5) is 10.4. The van der Waals surface area contributed by atoms with Crippen LogP contribution < -0.4 is 10.6 Å². The summed E-state index contributed by atoms with van der Waals surface area (Å²) in [7, 11) is 0. The Bertz CT molecular complexity index is 345. The molecular weight excluding hydrogens is 204 g/mol. The molecule has 5 heteroatoms. The quantitative estimate of drug-likeness (QED) is 0.788. The van der Waals surface area contributed by atoms with Gasteiger partial charge in [-0.2, -0.15) is 4.98 Å². The van der Waals surface area contributed by atoms with Crippen molar-refractivity contribution in [1.29, 1.82) is 0 Å². The predicted octanol–water partition coefficient (Wildman–Crippen LogP) is 0.800. The van der Waals surface area contributed by atoms with Gasteiger partial charge < -0.3 is 15.7 Å². The minimum absolute atomic E-state index is 0.260. The lowest BCUT2D eigenvalue weighted by Crippen LogP contribution is -2.30. The van der Waals surface area contributed by atoms with E-state index in [9.17, 15) is 0 Å². The number of hydrogen-bond donors (Lipinski definition) is 2. The maximum absolute atomic E-state index is 8.86. The Kier molecular flexibility index (Phi) is 3.56. The number of nitrogen functional groups attached to an aromatic ring is 1. The Labute approximate surface area is 95.3 Å². The molecule has 1 aromatic heterocycles. The zero-order valence-corrected chi connectivity index (χ0v) is 9.34. The van der Waals surface area contributed by atoms with Gasteiger partial charge in [-0.05, 0) is 31.7 Å². The van der Waals surface area contributed by atoms with Crippen LogP contribution in [0.5, 0.6) is 0 Å². The highest BCUT2D eigenvalue weighted by atomic mass is 16.2. The van der Waals surface area contributed by atoms with Crippen molar-refractivity contribution in [1.82, 2.24) is 9.97 Å². The minimum Gasteiger partial charge on any atom is -0.396 e. The van der Waals surface area contributed by atoms with Gasteiger partial charge in [0.05, 0.1) is 0 Å². The molecule has 1 fully saturated rings. The van der Waals surface area contributed by atoms with E-state index < -0.39 is 0 Å². The maximum atomic E-state index is 8.86. The highest BCUT2D eigenvalue weighted by molar-refractivity contribution is 5.43. The molecule has 2 rings (SSSR count). The highest BCUT2D eigenvalue weighted by Gasteiger charge is 2.25. The number of aliphatic hydroxyl groups excluding tert-OH is 1. The molecule has 1 aliphatic heterocycles. The van der Waals surface area contributed by atoms with E-state index in [1.807, 2.05) is 6.07 Å². The molecule has 0 spiro atoms. The van der Waals surface area contributed by atoms with Crippen LogP contribution in [0.4, 0.5) is 11.8 Å². The molecule has 1 aliphatic rings. The van der Waals surface area contributed by atoms with Crippen LogP contribution in [-0.2, 0) is 0 Å². The molecule has 1 saturated heterocycles. The van der Waals surface area contributed by atoms with Crippen molar-refractivity contribution in [2.45, 2.75) is 31.7 Å². The van der Waals surface area contributed by atoms with Gasteiger partial charge in [-0.3, -0.25) is 0 Å². The van der Waals surface area contributed by atoms with E-state index >= 15 is 0 Å². The van der Waals surface area contributed by atoms with E-state index in [0.717, 1.165) is 25.2 Å². The second-order valence-electron chi connectivity index (χ2n) is 4.13. The number of aromatic nitrogens is 2. The first kappa shape index (κ1) is 11.1. The fourth-order valence-electron chi connectivity index (χ4n) is 2.29. The standard InChI is InChI=1S/C11H18N4O/c12-11-13-6-5-10(14-11)15-7-1-3-9(15)4-2-8-16/h5-6,9,16H,1-4,7-8H2,(H2,12,13,14). The molecule has 0 aromatic carbocycles. The first-order valence-electron chi connectivity index (χ1n) is 5.77. The fourth-order valence-corrected chi connectivity index (χ4v) is 2.29. The number of nitrogens with two attached hydrogens (primary N) is 1. The van der Waals surface area contributed by atoms with Gasteiger partial charge in [0.1, 0.15) is 5.82 Å². The first-order valence-corrected chi connectivity index (χ1v) is 5.77. The SMILES string of the molecule is Nc1nccc(N2CCCC2CCCO)n1. The van der Waals surface area contributed by atoms with Crippen molar-refractivity contribution in [3.05, 3.63) is 12.3 Å². The molecule has 0 aliphatic carbocycles. The maximum Gasteiger partial charge on any atom is 0.221 e. The Balaban J connectivity index is 2.07. The number of nitrogens with zero attached hydrogens (tertiary/aromatic N) is 3. The summed E-state index contributed by atoms with van der Waals surface area (Å²) in [5.74, 6) is 1.23. The Hall–Kier alpha value is -1.36. The van der Waals surface area contributed by atoms with E-state index in [-0.39, 0.29) is 6.61 Å². The van der Waals surface area contributed by atoms with Crippen LogP contribution >= 0.6 is 0 Å². The largest absolute Gasteiger partial charge is 0.396 e. The van der Waals surface area contributed by atoms with Gasteiger partial charge >= 0.3 is 0 Å². The van der Waals surface area contributed by atoms with Gasteiger partial charge in [0.25, 0.3) is 0 Å². The van der Waals surface area contributed by atoms with Gasteiger partial charge in [-0.1, -0.05) is 0 Å². The minimum atomic E-state index is 0.260. The van der Waals surface area contributed by atoms with Crippen LogP contribution in [0.25, 0.3) is 0 Å². The summed E-state index contributed by atoms with van der Waals surface area (Å²) in [6.07, 6.45) is 5.91. The van der Waals surface area contributed by atoms with Crippen molar-refractivity contribution in [3.63, 3.8) is 0 Å². The van der Waals surface area contributed by atoms with E-state index in [4.69, 9.17) is 10.8 Å².